The van der Waals surface area contributed by atoms with Gasteiger partial charge in [-0.15, -0.1) is 0 Å². The van der Waals surface area contributed by atoms with Crippen molar-refractivity contribution in [2.24, 2.45) is 11.3 Å². The van der Waals surface area contributed by atoms with Crippen molar-refractivity contribution in [3.63, 3.8) is 0 Å². The Morgan fingerprint density at radius 1 is 1.33 bits per heavy atom. The molecule has 27 heavy (non-hydrogen) atoms. The molecule has 2 heterocycles. The average molecular weight is 360 g/mol. The van der Waals surface area contributed by atoms with Crippen molar-refractivity contribution >= 4 is 28.3 Å². The Bertz CT molecular complexity index is 1050. The summed E-state index contributed by atoms with van der Waals surface area (Å²) in [4.78, 5) is 21.4. The smallest absolute Gasteiger partial charge is 0.229 e. The largest absolute Gasteiger partial charge is 0.383 e. The number of nitrogens with one attached hydrogen (secondary N) is 1. The number of nitrogens with two attached hydrogens (primary N) is 1. The molecule has 3 N–H and O–H groups in total. The van der Waals surface area contributed by atoms with Crippen molar-refractivity contribution in [2.75, 3.05) is 11.1 Å². The highest BCUT2D eigenvalue weighted by atomic mass is 16.2. The number of hydrogen-bond acceptors (Lipinski definition) is 4. The van der Waals surface area contributed by atoms with Crippen LogP contribution in [-0.4, -0.2) is 15.9 Å². The number of hydrogen-bond donors (Lipinski definition) is 2. The molecule has 1 aliphatic rings. The Balaban J connectivity index is 1.67. The standard InChI is InChI=1S/C22H24N4O/c1-4-22(3)11-17(22)21(27)26-19-10-14-9-18(15-8-6-5-7-13(15)2)25-20(23)16(14)12-24-19/h5-10,12,17H,4,11H2,1-3H3,(H2,23,25)(H,24,26,27)/t17-,22-/m1/s1. The van der Waals surface area contributed by atoms with E-state index in [9.17, 15) is 4.79 Å². The summed E-state index contributed by atoms with van der Waals surface area (Å²) in [6, 6.07) is 11.9. The summed E-state index contributed by atoms with van der Waals surface area (Å²) in [6.45, 7) is 6.34. The number of aromatic nitrogens is 2. The van der Waals surface area contributed by atoms with E-state index in [-0.39, 0.29) is 17.2 Å². The highest BCUT2D eigenvalue weighted by Crippen LogP contribution is 2.55. The van der Waals surface area contributed by atoms with Gasteiger partial charge in [0.05, 0.1) is 5.69 Å². The molecule has 0 aliphatic heterocycles. The SMILES string of the molecule is CC[C@]1(C)C[C@@H]1C(=O)Nc1cc2cc(-c3ccccc3C)nc(N)c2cn1. The van der Waals surface area contributed by atoms with E-state index >= 15 is 0 Å². The number of aryl methyl sites for hydroxylation is 1. The quantitative estimate of drug-likeness (QED) is 0.714. The van der Waals surface area contributed by atoms with Crippen molar-refractivity contribution in [1.29, 1.82) is 0 Å². The summed E-state index contributed by atoms with van der Waals surface area (Å²) < 4.78 is 0. The summed E-state index contributed by atoms with van der Waals surface area (Å²) in [5.41, 5.74) is 9.31. The van der Waals surface area contributed by atoms with Crippen molar-refractivity contribution in [3.8, 4) is 11.3 Å². The van der Waals surface area contributed by atoms with Gasteiger partial charge in [-0.3, -0.25) is 4.79 Å². The van der Waals surface area contributed by atoms with Gasteiger partial charge in [-0.25, -0.2) is 9.97 Å². The number of fused-ring (bicyclic) bond motifs is 1. The fourth-order valence-electron chi connectivity index (χ4n) is 3.66. The van der Waals surface area contributed by atoms with Crippen LogP contribution in [-0.2, 0) is 4.79 Å². The second kappa shape index (κ2) is 6.34. The minimum atomic E-state index is 0.0485. The fraction of sp³-hybridized carbons (Fsp3) is 0.318. The number of rotatable bonds is 4. The number of pyridine rings is 2. The Morgan fingerprint density at radius 2 is 2.11 bits per heavy atom. The molecule has 1 amide bonds. The molecule has 138 valence electrons. The molecule has 5 heteroatoms. The van der Waals surface area contributed by atoms with Crippen LogP contribution < -0.4 is 11.1 Å². The molecule has 5 nitrogen and oxygen atoms in total. The molecule has 0 bridgehead atoms. The Hall–Kier alpha value is -2.95. The van der Waals surface area contributed by atoms with E-state index in [1.807, 2.05) is 30.3 Å². The Kier molecular flexibility index (Phi) is 4.10. The average Bonchev–Trinajstić information content (AvgIpc) is 3.34. The maximum Gasteiger partial charge on any atom is 0.229 e. The Morgan fingerprint density at radius 3 is 2.81 bits per heavy atom. The molecular weight excluding hydrogens is 336 g/mol. The van der Waals surface area contributed by atoms with Crippen LogP contribution in [0.5, 0.6) is 0 Å². The van der Waals surface area contributed by atoms with Crippen LogP contribution in [0.4, 0.5) is 11.6 Å². The molecule has 0 saturated heterocycles. The normalized spacial score (nSPS) is 21.2. The Labute approximate surface area is 159 Å². The maximum absolute atomic E-state index is 12.5. The van der Waals surface area contributed by atoms with Crippen LogP contribution in [0.25, 0.3) is 22.0 Å². The zero-order valence-electron chi connectivity index (χ0n) is 15.9. The monoisotopic (exact) mass is 360 g/mol. The zero-order valence-corrected chi connectivity index (χ0v) is 15.9. The second-order valence-corrected chi connectivity index (χ2v) is 7.75. The van der Waals surface area contributed by atoms with E-state index in [0.29, 0.717) is 11.6 Å². The van der Waals surface area contributed by atoms with Crippen molar-refractivity contribution in [2.45, 2.75) is 33.6 Å². The van der Waals surface area contributed by atoms with E-state index in [1.165, 1.54) is 0 Å². The topological polar surface area (TPSA) is 80.9 Å². The van der Waals surface area contributed by atoms with Crippen LogP contribution >= 0.6 is 0 Å². The van der Waals surface area contributed by atoms with Gasteiger partial charge in [0.2, 0.25) is 5.91 Å². The first-order chi connectivity index (χ1) is 12.9. The van der Waals surface area contributed by atoms with Crippen LogP contribution in [0.2, 0.25) is 0 Å². The molecule has 1 fully saturated rings. The minimum absolute atomic E-state index is 0.0485. The number of anilines is 2. The number of nitrogen functional groups attached to an aromatic ring is 1. The lowest BCUT2D eigenvalue weighted by atomic mass is 10.0. The van der Waals surface area contributed by atoms with Gasteiger partial charge in [0, 0.05) is 23.1 Å². The van der Waals surface area contributed by atoms with Gasteiger partial charge in [-0.2, -0.15) is 0 Å². The summed E-state index contributed by atoms with van der Waals surface area (Å²) in [5, 5.41) is 4.67. The second-order valence-electron chi connectivity index (χ2n) is 7.75. The predicted octanol–water partition coefficient (Wildman–Crippen LogP) is 4.56. The van der Waals surface area contributed by atoms with Gasteiger partial charge in [0.1, 0.15) is 11.6 Å². The number of carbonyl (C=O) groups excluding carboxylic acids is 1. The maximum atomic E-state index is 12.5. The lowest BCUT2D eigenvalue weighted by Gasteiger charge is -2.11. The first-order valence-corrected chi connectivity index (χ1v) is 9.34. The third kappa shape index (κ3) is 3.14. The van der Waals surface area contributed by atoms with Gasteiger partial charge in [0.15, 0.2) is 0 Å². The van der Waals surface area contributed by atoms with E-state index in [4.69, 9.17) is 5.73 Å². The van der Waals surface area contributed by atoms with E-state index in [1.54, 1.807) is 6.20 Å². The summed E-state index contributed by atoms with van der Waals surface area (Å²) in [6.07, 6.45) is 3.64. The van der Waals surface area contributed by atoms with Gasteiger partial charge in [0.25, 0.3) is 0 Å². The van der Waals surface area contributed by atoms with Crippen LogP contribution in [0.15, 0.2) is 42.6 Å². The van der Waals surface area contributed by atoms with E-state index in [0.717, 1.165) is 40.4 Å². The van der Waals surface area contributed by atoms with Crippen LogP contribution in [0.3, 0.4) is 0 Å². The third-order valence-electron chi connectivity index (χ3n) is 5.89. The zero-order chi connectivity index (χ0) is 19.2. The van der Waals surface area contributed by atoms with Gasteiger partial charge in [-0.1, -0.05) is 38.1 Å². The first-order valence-electron chi connectivity index (χ1n) is 9.34. The summed E-state index contributed by atoms with van der Waals surface area (Å²) in [5.74, 6) is 1.12. The molecule has 1 aromatic carbocycles. The highest BCUT2D eigenvalue weighted by molar-refractivity contribution is 5.98. The highest BCUT2D eigenvalue weighted by Gasteiger charge is 2.52. The molecule has 0 spiro atoms. The number of carbonyl (C=O) groups is 1. The molecule has 1 saturated carbocycles. The molecule has 0 radical (unpaired) electrons. The first kappa shape index (κ1) is 17.5. The molecule has 3 aromatic rings. The van der Waals surface area contributed by atoms with Crippen LogP contribution in [0, 0.1) is 18.3 Å². The number of amides is 1. The number of nitrogens with zero attached hydrogens (tertiary/aromatic N) is 2. The fourth-order valence-corrected chi connectivity index (χ4v) is 3.66. The summed E-state index contributed by atoms with van der Waals surface area (Å²) in [7, 11) is 0. The minimum Gasteiger partial charge on any atom is -0.383 e. The van der Waals surface area contributed by atoms with E-state index < -0.39 is 0 Å². The predicted molar refractivity (Wildman–Crippen MR) is 109 cm³/mol. The molecule has 4 rings (SSSR count). The van der Waals surface area contributed by atoms with Crippen molar-refractivity contribution in [1.82, 2.24) is 9.97 Å². The van der Waals surface area contributed by atoms with Gasteiger partial charge < -0.3 is 11.1 Å². The molecule has 1 aliphatic carbocycles. The molecular formula is C22H24N4O. The lowest BCUT2D eigenvalue weighted by molar-refractivity contribution is -0.118. The van der Waals surface area contributed by atoms with Gasteiger partial charge >= 0.3 is 0 Å². The number of benzene rings is 1. The van der Waals surface area contributed by atoms with E-state index in [2.05, 4.69) is 42.1 Å². The van der Waals surface area contributed by atoms with Crippen molar-refractivity contribution in [3.05, 3.63) is 48.2 Å². The lowest BCUT2D eigenvalue weighted by Crippen LogP contribution is -2.18. The molecule has 2 aromatic heterocycles. The van der Waals surface area contributed by atoms with Gasteiger partial charge in [-0.05, 0) is 48.3 Å². The summed E-state index contributed by atoms with van der Waals surface area (Å²) >= 11 is 0. The molecule has 0 unspecified atom stereocenters. The third-order valence-corrected chi connectivity index (χ3v) is 5.89. The van der Waals surface area contributed by atoms with Crippen molar-refractivity contribution < 1.29 is 4.79 Å². The van der Waals surface area contributed by atoms with Crippen LogP contribution in [0.1, 0.15) is 32.3 Å². The molecule has 2 atom stereocenters.